The molecule has 0 atom stereocenters. The number of nitrogens with one attached hydrogen (secondary N) is 1. The van der Waals surface area contributed by atoms with E-state index in [-0.39, 0.29) is 16.6 Å². The van der Waals surface area contributed by atoms with E-state index in [1.54, 1.807) is 38.4 Å². The van der Waals surface area contributed by atoms with Crippen molar-refractivity contribution in [2.24, 2.45) is 7.05 Å². The maximum absolute atomic E-state index is 13.0. The summed E-state index contributed by atoms with van der Waals surface area (Å²) >= 11 is 0. The molecular formula is C22H19N3O4. The molecule has 0 radical (unpaired) electrons. The van der Waals surface area contributed by atoms with Crippen LogP contribution in [-0.4, -0.2) is 22.8 Å². The minimum atomic E-state index is -0.423. The lowest BCUT2D eigenvalue weighted by molar-refractivity contribution is 0.102. The maximum atomic E-state index is 13.0. The molecule has 2 aromatic heterocycles. The van der Waals surface area contributed by atoms with Crippen LogP contribution in [0.3, 0.4) is 0 Å². The van der Waals surface area contributed by atoms with Crippen LogP contribution in [0.15, 0.2) is 63.9 Å². The average molecular weight is 389 g/mol. The molecule has 4 aromatic rings. The van der Waals surface area contributed by atoms with Gasteiger partial charge in [-0.1, -0.05) is 36.4 Å². The van der Waals surface area contributed by atoms with Crippen LogP contribution in [0.4, 0.5) is 5.69 Å². The van der Waals surface area contributed by atoms with E-state index in [4.69, 9.17) is 9.15 Å². The van der Waals surface area contributed by atoms with Gasteiger partial charge in [0.05, 0.1) is 24.3 Å². The van der Waals surface area contributed by atoms with Gasteiger partial charge in [0.2, 0.25) is 0 Å². The number of fused-ring (bicyclic) bond motifs is 1. The Morgan fingerprint density at radius 2 is 1.90 bits per heavy atom. The van der Waals surface area contributed by atoms with E-state index in [1.165, 1.54) is 11.8 Å². The summed E-state index contributed by atoms with van der Waals surface area (Å²) in [6, 6.07) is 14.3. The van der Waals surface area contributed by atoms with E-state index in [0.29, 0.717) is 28.3 Å². The zero-order chi connectivity index (χ0) is 20.5. The van der Waals surface area contributed by atoms with Crippen molar-refractivity contribution in [3.8, 4) is 17.2 Å². The summed E-state index contributed by atoms with van der Waals surface area (Å²) in [5.74, 6) is 0.318. The molecule has 0 spiro atoms. The molecule has 146 valence electrons. The van der Waals surface area contributed by atoms with Gasteiger partial charge in [0, 0.05) is 18.2 Å². The number of aromatic nitrogens is 2. The number of carbonyl (C=O) groups is 1. The number of anilines is 1. The van der Waals surface area contributed by atoms with Gasteiger partial charge in [-0.3, -0.25) is 14.3 Å². The van der Waals surface area contributed by atoms with Crippen LogP contribution in [0.1, 0.15) is 15.9 Å². The van der Waals surface area contributed by atoms with Crippen LogP contribution >= 0.6 is 0 Å². The molecule has 0 bridgehead atoms. The smallest absolute Gasteiger partial charge is 0.259 e. The molecule has 0 saturated carbocycles. The quantitative estimate of drug-likeness (QED) is 0.574. The molecule has 0 saturated heterocycles. The van der Waals surface area contributed by atoms with Crippen LogP contribution < -0.4 is 15.5 Å². The fourth-order valence-electron chi connectivity index (χ4n) is 3.25. The number of hydrogen-bond acceptors (Lipinski definition) is 5. The fourth-order valence-corrected chi connectivity index (χ4v) is 3.25. The van der Waals surface area contributed by atoms with E-state index < -0.39 is 5.91 Å². The first-order valence-corrected chi connectivity index (χ1v) is 9.00. The monoisotopic (exact) mass is 389 g/mol. The predicted octanol–water partition coefficient (Wildman–Crippen LogP) is 3.76. The van der Waals surface area contributed by atoms with Crippen LogP contribution in [0.2, 0.25) is 0 Å². The van der Waals surface area contributed by atoms with E-state index in [0.717, 1.165) is 5.56 Å². The Kier molecular flexibility index (Phi) is 4.64. The fraction of sp³-hybridized carbons (Fsp3) is 0.136. The molecule has 1 N–H and O–H groups in total. The Bertz CT molecular complexity index is 1270. The van der Waals surface area contributed by atoms with Gasteiger partial charge in [-0.05, 0) is 19.1 Å². The lowest BCUT2D eigenvalue weighted by Crippen LogP contribution is -2.15. The van der Waals surface area contributed by atoms with Gasteiger partial charge in [-0.15, -0.1) is 5.10 Å². The predicted molar refractivity (Wildman–Crippen MR) is 110 cm³/mol. The topological polar surface area (TPSA) is 86.4 Å². The standard InChI is InChI=1S/C22H19N3O4/c1-13-18(26)15-10-7-11-16(20(15)29-19(13)14-8-5-4-6-9-14)21(27)23-17-12-25(2)24-22(17)28-3/h4-12H,1-3H3,(H,23,27). The zero-order valence-electron chi connectivity index (χ0n) is 16.2. The molecule has 7 heteroatoms. The number of amides is 1. The Balaban J connectivity index is 1.86. The molecule has 0 unspecified atom stereocenters. The molecule has 4 rings (SSSR count). The van der Waals surface area contributed by atoms with Crippen LogP contribution in [0.5, 0.6) is 5.88 Å². The van der Waals surface area contributed by atoms with Crippen molar-refractivity contribution in [3.05, 3.63) is 76.1 Å². The van der Waals surface area contributed by atoms with Crippen LogP contribution in [-0.2, 0) is 7.05 Å². The van der Waals surface area contributed by atoms with Gasteiger partial charge in [-0.2, -0.15) is 0 Å². The van der Waals surface area contributed by atoms with Crippen molar-refractivity contribution in [1.82, 2.24) is 9.78 Å². The molecular weight excluding hydrogens is 370 g/mol. The van der Waals surface area contributed by atoms with E-state index in [9.17, 15) is 9.59 Å². The van der Waals surface area contributed by atoms with Gasteiger partial charge in [0.1, 0.15) is 11.4 Å². The second-order valence-electron chi connectivity index (χ2n) is 6.61. The highest BCUT2D eigenvalue weighted by Crippen LogP contribution is 2.28. The Hall–Kier alpha value is -3.87. The molecule has 0 fully saturated rings. The number of carbonyl (C=O) groups excluding carboxylic acids is 1. The third-order valence-electron chi connectivity index (χ3n) is 4.66. The normalized spacial score (nSPS) is 10.9. The zero-order valence-corrected chi connectivity index (χ0v) is 16.2. The largest absolute Gasteiger partial charge is 0.478 e. The lowest BCUT2D eigenvalue weighted by atomic mass is 10.0. The summed E-state index contributed by atoms with van der Waals surface area (Å²) in [6.07, 6.45) is 1.64. The molecule has 7 nitrogen and oxygen atoms in total. The van der Waals surface area contributed by atoms with Gasteiger partial charge in [0.15, 0.2) is 11.0 Å². The van der Waals surface area contributed by atoms with Gasteiger partial charge >= 0.3 is 0 Å². The van der Waals surface area contributed by atoms with Crippen molar-refractivity contribution in [2.75, 3.05) is 12.4 Å². The minimum Gasteiger partial charge on any atom is -0.478 e. The third-order valence-corrected chi connectivity index (χ3v) is 4.66. The minimum absolute atomic E-state index is 0.168. The summed E-state index contributed by atoms with van der Waals surface area (Å²) in [7, 11) is 3.20. The molecule has 2 heterocycles. The van der Waals surface area contributed by atoms with E-state index >= 15 is 0 Å². The number of benzene rings is 2. The summed E-state index contributed by atoms with van der Waals surface area (Å²) in [6.45, 7) is 1.72. The second kappa shape index (κ2) is 7.27. The number of hydrogen-bond donors (Lipinski definition) is 1. The number of methoxy groups -OCH3 is 1. The molecule has 0 aliphatic heterocycles. The Labute approximate surface area is 166 Å². The third kappa shape index (κ3) is 3.27. The maximum Gasteiger partial charge on any atom is 0.259 e. The second-order valence-corrected chi connectivity index (χ2v) is 6.61. The SMILES string of the molecule is COc1nn(C)cc1NC(=O)c1cccc2c(=O)c(C)c(-c3ccccc3)oc12. The average Bonchev–Trinajstić information content (AvgIpc) is 3.09. The van der Waals surface area contributed by atoms with Crippen molar-refractivity contribution in [3.63, 3.8) is 0 Å². The van der Waals surface area contributed by atoms with Gasteiger partial charge in [0.25, 0.3) is 11.8 Å². The number of ether oxygens (including phenoxy) is 1. The lowest BCUT2D eigenvalue weighted by Gasteiger charge is -2.10. The van der Waals surface area contributed by atoms with E-state index in [1.807, 2.05) is 30.3 Å². The first-order valence-electron chi connectivity index (χ1n) is 9.00. The molecule has 29 heavy (non-hydrogen) atoms. The first-order chi connectivity index (χ1) is 14.0. The number of para-hydroxylation sites is 1. The molecule has 0 aliphatic carbocycles. The van der Waals surface area contributed by atoms with Crippen LogP contribution in [0.25, 0.3) is 22.3 Å². The number of nitrogens with zero attached hydrogens (tertiary/aromatic N) is 2. The Morgan fingerprint density at radius 1 is 1.14 bits per heavy atom. The van der Waals surface area contributed by atoms with Crippen molar-refractivity contribution in [2.45, 2.75) is 6.92 Å². The van der Waals surface area contributed by atoms with Gasteiger partial charge < -0.3 is 14.5 Å². The molecule has 2 aromatic carbocycles. The summed E-state index contributed by atoms with van der Waals surface area (Å²) in [4.78, 5) is 25.9. The molecule has 0 aliphatic rings. The number of aryl methyl sites for hydroxylation is 1. The highest BCUT2D eigenvalue weighted by atomic mass is 16.5. The van der Waals surface area contributed by atoms with Gasteiger partial charge in [-0.25, -0.2) is 0 Å². The molecule has 1 amide bonds. The number of rotatable bonds is 4. The van der Waals surface area contributed by atoms with Crippen molar-refractivity contribution >= 4 is 22.6 Å². The highest BCUT2D eigenvalue weighted by Gasteiger charge is 2.20. The Morgan fingerprint density at radius 3 is 2.62 bits per heavy atom. The van der Waals surface area contributed by atoms with E-state index in [2.05, 4.69) is 10.4 Å². The summed E-state index contributed by atoms with van der Waals surface area (Å²) in [5.41, 5.74) is 2.02. The van der Waals surface area contributed by atoms with Crippen molar-refractivity contribution < 1.29 is 13.9 Å². The van der Waals surface area contributed by atoms with Crippen molar-refractivity contribution in [1.29, 1.82) is 0 Å². The van der Waals surface area contributed by atoms with Crippen LogP contribution in [0, 0.1) is 6.92 Å². The first kappa shape index (κ1) is 18.5. The summed E-state index contributed by atoms with van der Waals surface area (Å²) < 4.78 is 12.8. The summed E-state index contributed by atoms with van der Waals surface area (Å²) in [5, 5.41) is 7.25. The highest BCUT2D eigenvalue weighted by molar-refractivity contribution is 6.11.